The van der Waals surface area contributed by atoms with Crippen LogP contribution in [0.3, 0.4) is 0 Å². The van der Waals surface area contributed by atoms with E-state index < -0.39 is 0 Å². The van der Waals surface area contributed by atoms with Crippen molar-refractivity contribution in [3.63, 3.8) is 0 Å². The van der Waals surface area contributed by atoms with Crippen molar-refractivity contribution in [3.05, 3.63) is 188 Å². The lowest BCUT2D eigenvalue weighted by Gasteiger charge is -2.27. The average molecular weight is 678 g/mol. The Morgan fingerprint density at radius 1 is 0.340 bits per heavy atom. The van der Waals surface area contributed by atoms with Gasteiger partial charge in [-0.1, -0.05) is 140 Å². The highest BCUT2D eigenvalue weighted by Gasteiger charge is 2.24. The van der Waals surface area contributed by atoms with Gasteiger partial charge in [-0.25, -0.2) is 0 Å². The van der Waals surface area contributed by atoms with E-state index >= 15 is 0 Å². The van der Waals surface area contributed by atoms with Crippen LogP contribution in [0.25, 0.3) is 87.7 Å². The first-order valence-electron chi connectivity index (χ1n) is 18.0. The van der Waals surface area contributed by atoms with Crippen LogP contribution in [0, 0.1) is 0 Å². The van der Waals surface area contributed by atoms with Crippen molar-refractivity contribution in [2.24, 2.45) is 0 Å². The molecule has 11 rings (SSSR count). The summed E-state index contributed by atoms with van der Waals surface area (Å²) >= 11 is 0. The Labute approximate surface area is 305 Å². The molecule has 0 unspecified atom stereocenters. The van der Waals surface area contributed by atoms with Gasteiger partial charge in [-0.2, -0.15) is 0 Å². The van der Waals surface area contributed by atoms with Crippen LogP contribution < -0.4 is 4.90 Å². The standard InChI is InChI=1S/C50H31NO2/c1-2-13-32(14-3-1)35-17-10-18-37(30-35)51(45-24-11-22-41-39-20-8-9-25-46(39)52-50(41)45)44-23-12-26-47-48(44)43-31-42(38-19-6-7-21-40(38)49(43)53-47)36-28-27-33-15-4-5-16-34(33)29-36/h1-31H. The molecular formula is C50H31NO2. The van der Waals surface area contributed by atoms with Crippen molar-refractivity contribution in [2.45, 2.75) is 0 Å². The summed E-state index contributed by atoms with van der Waals surface area (Å²) in [6, 6.07) is 66.7. The summed E-state index contributed by atoms with van der Waals surface area (Å²) in [7, 11) is 0. The molecule has 248 valence electrons. The molecular weight excluding hydrogens is 647 g/mol. The monoisotopic (exact) mass is 677 g/mol. The van der Waals surface area contributed by atoms with Crippen LogP contribution in [0.1, 0.15) is 0 Å². The van der Waals surface area contributed by atoms with Crippen LogP contribution >= 0.6 is 0 Å². The third-order valence-electron chi connectivity index (χ3n) is 10.6. The number of hydrogen-bond donors (Lipinski definition) is 0. The van der Waals surface area contributed by atoms with E-state index in [9.17, 15) is 0 Å². The van der Waals surface area contributed by atoms with E-state index in [1.807, 2.05) is 12.1 Å². The van der Waals surface area contributed by atoms with Crippen LogP contribution in [-0.4, -0.2) is 0 Å². The third-order valence-corrected chi connectivity index (χ3v) is 10.6. The summed E-state index contributed by atoms with van der Waals surface area (Å²) < 4.78 is 13.6. The highest BCUT2D eigenvalue weighted by molar-refractivity contribution is 6.23. The Morgan fingerprint density at radius 2 is 0.981 bits per heavy atom. The molecule has 0 saturated heterocycles. The quantitative estimate of drug-likeness (QED) is 0.182. The smallest absolute Gasteiger partial charge is 0.159 e. The highest BCUT2D eigenvalue weighted by atomic mass is 16.3. The van der Waals surface area contributed by atoms with Gasteiger partial charge in [0.15, 0.2) is 5.58 Å². The Bertz CT molecular complexity index is 3190. The second kappa shape index (κ2) is 11.7. The lowest BCUT2D eigenvalue weighted by molar-refractivity contribution is 0.669. The maximum atomic E-state index is 6.87. The molecule has 53 heavy (non-hydrogen) atoms. The Hall–Kier alpha value is -7.10. The molecule has 3 nitrogen and oxygen atoms in total. The molecule has 0 bridgehead atoms. The molecule has 0 amide bonds. The molecule has 0 atom stereocenters. The van der Waals surface area contributed by atoms with Gasteiger partial charge in [-0.15, -0.1) is 0 Å². The van der Waals surface area contributed by atoms with Crippen LogP contribution in [0.15, 0.2) is 197 Å². The number of hydrogen-bond acceptors (Lipinski definition) is 3. The zero-order valence-electron chi connectivity index (χ0n) is 28.7. The van der Waals surface area contributed by atoms with Crippen molar-refractivity contribution in [3.8, 4) is 22.3 Å². The second-order valence-electron chi connectivity index (χ2n) is 13.7. The Kier molecular flexibility index (Phi) is 6.55. The van der Waals surface area contributed by atoms with Gasteiger partial charge in [0.25, 0.3) is 0 Å². The molecule has 0 radical (unpaired) electrons. The fraction of sp³-hybridized carbons (Fsp3) is 0. The van der Waals surface area contributed by atoms with Crippen LogP contribution in [0.5, 0.6) is 0 Å². The molecule has 11 aromatic rings. The molecule has 0 N–H and O–H groups in total. The molecule has 0 saturated carbocycles. The fourth-order valence-electron chi connectivity index (χ4n) is 8.18. The van der Waals surface area contributed by atoms with Crippen molar-refractivity contribution in [1.29, 1.82) is 0 Å². The van der Waals surface area contributed by atoms with Gasteiger partial charge >= 0.3 is 0 Å². The van der Waals surface area contributed by atoms with Gasteiger partial charge in [0, 0.05) is 27.2 Å². The lowest BCUT2D eigenvalue weighted by Crippen LogP contribution is -2.10. The minimum Gasteiger partial charge on any atom is -0.455 e. The normalized spacial score (nSPS) is 11.8. The van der Waals surface area contributed by atoms with Crippen molar-refractivity contribution >= 4 is 82.5 Å². The molecule has 2 heterocycles. The molecule has 0 aliphatic heterocycles. The largest absolute Gasteiger partial charge is 0.455 e. The van der Waals surface area contributed by atoms with Gasteiger partial charge in [0.2, 0.25) is 0 Å². The Balaban J connectivity index is 1.23. The number of fused-ring (bicyclic) bond motifs is 9. The van der Waals surface area contributed by atoms with Crippen LogP contribution in [0.2, 0.25) is 0 Å². The van der Waals surface area contributed by atoms with E-state index in [1.165, 1.54) is 21.9 Å². The predicted molar refractivity (Wildman–Crippen MR) is 222 cm³/mol. The lowest BCUT2D eigenvalue weighted by atomic mass is 9.93. The van der Waals surface area contributed by atoms with E-state index in [-0.39, 0.29) is 0 Å². The van der Waals surface area contributed by atoms with Gasteiger partial charge in [-0.05, 0) is 86.9 Å². The van der Waals surface area contributed by atoms with Crippen molar-refractivity contribution in [1.82, 2.24) is 0 Å². The SMILES string of the molecule is c1ccc(-c2cccc(N(c3cccc4c3oc3ccccc34)c3cccc4oc5c6ccccc6c(-c6ccc7ccccc7c6)cc5c34)c2)cc1. The highest BCUT2D eigenvalue weighted by Crippen LogP contribution is 2.49. The summed E-state index contributed by atoms with van der Waals surface area (Å²) in [6.45, 7) is 0. The van der Waals surface area contributed by atoms with E-state index in [0.717, 1.165) is 82.8 Å². The molecule has 2 aromatic heterocycles. The van der Waals surface area contributed by atoms with E-state index in [2.05, 4.69) is 181 Å². The van der Waals surface area contributed by atoms with Crippen LogP contribution in [-0.2, 0) is 0 Å². The zero-order chi connectivity index (χ0) is 34.9. The number of benzene rings is 9. The number of rotatable bonds is 5. The predicted octanol–water partition coefficient (Wildman–Crippen LogP) is 14.6. The number of para-hydroxylation sites is 2. The number of furan rings is 2. The summed E-state index contributed by atoms with van der Waals surface area (Å²) in [5.41, 5.74) is 11.1. The van der Waals surface area contributed by atoms with E-state index in [4.69, 9.17) is 8.83 Å². The van der Waals surface area contributed by atoms with Crippen LogP contribution in [0.4, 0.5) is 17.1 Å². The average Bonchev–Trinajstić information content (AvgIpc) is 3.81. The Morgan fingerprint density at radius 3 is 1.89 bits per heavy atom. The van der Waals surface area contributed by atoms with E-state index in [0.29, 0.717) is 0 Å². The molecule has 0 fully saturated rings. The zero-order valence-corrected chi connectivity index (χ0v) is 28.7. The number of nitrogens with zero attached hydrogens (tertiary/aromatic N) is 1. The minimum atomic E-state index is 0.833. The van der Waals surface area contributed by atoms with Crippen molar-refractivity contribution in [2.75, 3.05) is 4.90 Å². The van der Waals surface area contributed by atoms with E-state index in [1.54, 1.807) is 0 Å². The van der Waals surface area contributed by atoms with Gasteiger partial charge in [-0.3, -0.25) is 0 Å². The molecule has 0 spiro atoms. The first-order valence-corrected chi connectivity index (χ1v) is 18.0. The molecule has 0 aliphatic carbocycles. The molecule has 0 aliphatic rings. The first-order chi connectivity index (χ1) is 26.3. The van der Waals surface area contributed by atoms with Gasteiger partial charge < -0.3 is 13.7 Å². The summed E-state index contributed by atoms with van der Waals surface area (Å²) in [4.78, 5) is 2.35. The minimum absolute atomic E-state index is 0.833. The maximum absolute atomic E-state index is 6.87. The summed E-state index contributed by atoms with van der Waals surface area (Å²) in [5.74, 6) is 0. The molecule has 3 heteroatoms. The number of anilines is 3. The van der Waals surface area contributed by atoms with Crippen molar-refractivity contribution < 1.29 is 8.83 Å². The molecule has 9 aromatic carbocycles. The first kappa shape index (κ1) is 29.6. The maximum Gasteiger partial charge on any atom is 0.159 e. The topological polar surface area (TPSA) is 29.5 Å². The summed E-state index contributed by atoms with van der Waals surface area (Å²) in [6.07, 6.45) is 0. The second-order valence-corrected chi connectivity index (χ2v) is 13.7. The third kappa shape index (κ3) is 4.68. The van der Waals surface area contributed by atoms with Gasteiger partial charge in [0.05, 0.1) is 16.8 Å². The summed E-state index contributed by atoms with van der Waals surface area (Å²) in [5, 5.41) is 8.99. The van der Waals surface area contributed by atoms with Gasteiger partial charge in [0.1, 0.15) is 16.7 Å². The fourth-order valence-corrected chi connectivity index (χ4v) is 8.18.